The minimum absolute atomic E-state index is 0.553. The van der Waals surface area contributed by atoms with Gasteiger partial charge in [-0.25, -0.2) is 4.99 Å². The maximum absolute atomic E-state index is 6.21. The van der Waals surface area contributed by atoms with E-state index in [0.29, 0.717) is 11.9 Å². The number of ether oxygens (including phenoxy) is 1. The third kappa shape index (κ3) is 3.50. The van der Waals surface area contributed by atoms with Crippen LogP contribution < -0.4 is 26.4 Å². The number of nitrogens with two attached hydrogens (primary N) is 1. The number of piperidine rings is 1. The second-order valence-electron chi connectivity index (χ2n) is 7.46. The number of rotatable bonds is 2. The number of allylic oxidation sites excluding steroid dienone is 1. The van der Waals surface area contributed by atoms with E-state index in [9.17, 15) is 0 Å². The SMILES string of the molecule is CC1=CC(C)(N)NC(Nc2cc3c(c(C4CCNCC4)c2)OCC3)=N1. The second-order valence-corrected chi connectivity index (χ2v) is 7.46. The van der Waals surface area contributed by atoms with Crippen LogP contribution >= 0.6 is 0 Å². The highest BCUT2D eigenvalue weighted by molar-refractivity contribution is 5.95. The van der Waals surface area contributed by atoms with E-state index in [-0.39, 0.29) is 0 Å². The van der Waals surface area contributed by atoms with Crippen LogP contribution in [0.4, 0.5) is 5.69 Å². The normalized spacial score (nSPS) is 26.2. The Bertz CT molecular complexity index is 732. The number of nitrogens with zero attached hydrogens (tertiary/aromatic N) is 1. The number of guanidine groups is 1. The van der Waals surface area contributed by atoms with Crippen LogP contribution in [-0.2, 0) is 6.42 Å². The third-order valence-electron chi connectivity index (χ3n) is 5.04. The molecule has 3 heterocycles. The molecule has 3 aliphatic heterocycles. The van der Waals surface area contributed by atoms with Gasteiger partial charge in [0.1, 0.15) is 11.4 Å². The van der Waals surface area contributed by atoms with Gasteiger partial charge in [0.05, 0.1) is 6.61 Å². The molecule has 5 N–H and O–H groups in total. The van der Waals surface area contributed by atoms with E-state index >= 15 is 0 Å². The van der Waals surface area contributed by atoms with Gasteiger partial charge in [-0.15, -0.1) is 0 Å². The number of hydrogen-bond donors (Lipinski definition) is 4. The molecule has 6 nitrogen and oxygen atoms in total. The Morgan fingerprint density at radius 1 is 1.32 bits per heavy atom. The van der Waals surface area contributed by atoms with E-state index in [4.69, 9.17) is 10.5 Å². The summed E-state index contributed by atoms with van der Waals surface area (Å²) in [6.45, 7) is 6.81. The zero-order chi connectivity index (χ0) is 17.4. The molecule has 1 fully saturated rings. The fourth-order valence-corrected chi connectivity index (χ4v) is 4.00. The van der Waals surface area contributed by atoms with Gasteiger partial charge in [-0.05, 0) is 75.0 Å². The second kappa shape index (κ2) is 6.35. The predicted molar refractivity (Wildman–Crippen MR) is 101 cm³/mol. The summed E-state index contributed by atoms with van der Waals surface area (Å²) in [6, 6.07) is 4.41. The van der Waals surface area contributed by atoms with Gasteiger partial charge in [0.25, 0.3) is 0 Å². The molecule has 1 aromatic rings. The van der Waals surface area contributed by atoms with E-state index in [2.05, 4.69) is 33.1 Å². The number of benzene rings is 1. The maximum atomic E-state index is 6.21. The quantitative estimate of drug-likeness (QED) is 0.662. The molecule has 6 heteroatoms. The predicted octanol–water partition coefficient (Wildman–Crippen LogP) is 2.04. The van der Waals surface area contributed by atoms with Gasteiger partial charge >= 0.3 is 0 Å². The molecular formula is C19H27N5O. The van der Waals surface area contributed by atoms with Crippen LogP contribution in [-0.4, -0.2) is 31.3 Å². The molecule has 134 valence electrons. The van der Waals surface area contributed by atoms with E-state index in [1.165, 1.54) is 11.1 Å². The Labute approximate surface area is 148 Å². The summed E-state index contributed by atoms with van der Waals surface area (Å²) in [6.07, 6.45) is 5.20. The lowest BCUT2D eigenvalue weighted by atomic mass is 9.88. The highest BCUT2D eigenvalue weighted by Gasteiger charge is 2.26. The fourth-order valence-electron chi connectivity index (χ4n) is 4.00. The zero-order valence-electron chi connectivity index (χ0n) is 15.0. The Kier molecular flexibility index (Phi) is 4.17. The van der Waals surface area contributed by atoms with Gasteiger partial charge in [0, 0.05) is 17.8 Å². The Morgan fingerprint density at radius 2 is 2.12 bits per heavy atom. The number of nitrogens with one attached hydrogen (secondary N) is 3. The first-order valence-electron chi connectivity index (χ1n) is 9.13. The minimum atomic E-state index is -0.591. The molecule has 3 aliphatic rings. The van der Waals surface area contributed by atoms with Crippen LogP contribution in [0.15, 0.2) is 28.9 Å². The summed E-state index contributed by atoms with van der Waals surface area (Å²) in [5.74, 6) is 2.35. The van der Waals surface area contributed by atoms with Crippen LogP contribution in [0, 0.1) is 0 Å². The average molecular weight is 341 g/mol. The molecule has 1 aromatic carbocycles. The summed E-state index contributed by atoms with van der Waals surface area (Å²) in [4.78, 5) is 4.54. The van der Waals surface area contributed by atoms with Gasteiger partial charge in [0.2, 0.25) is 5.96 Å². The van der Waals surface area contributed by atoms with Crippen LogP contribution in [0.3, 0.4) is 0 Å². The standard InChI is InChI=1S/C19H27N5O/c1-12-11-19(2,20)24-18(22-12)23-15-9-14-5-8-25-17(14)16(10-15)13-3-6-21-7-4-13/h9-11,13,21H,3-8,20H2,1-2H3,(H2,22,23,24). The number of aliphatic imine (C=N–C) groups is 1. The van der Waals surface area contributed by atoms with Gasteiger partial charge in [-0.2, -0.15) is 0 Å². The minimum Gasteiger partial charge on any atom is -0.493 e. The van der Waals surface area contributed by atoms with Crippen molar-refractivity contribution in [2.24, 2.45) is 10.7 Å². The van der Waals surface area contributed by atoms with Crippen molar-refractivity contribution in [1.82, 2.24) is 10.6 Å². The fraction of sp³-hybridized carbons (Fsp3) is 0.526. The summed E-state index contributed by atoms with van der Waals surface area (Å²) in [7, 11) is 0. The van der Waals surface area contributed by atoms with E-state index in [0.717, 1.165) is 56.1 Å². The Balaban J connectivity index is 1.63. The molecule has 0 radical (unpaired) electrons. The van der Waals surface area contributed by atoms with Crippen molar-refractivity contribution in [3.05, 3.63) is 35.0 Å². The van der Waals surface area contributed by atoms with Gasteiger partial charge < -0.3 is 26.4 Å². The van der Waals surface area contributed by atoms with Gasteiger partial charge in [-0.3, -0.25) is 0 Å². The van der Waals surface area contributed by atoms with E-state index in [1.54, 1.807) is 0 Å². The number of anilines is 1. The molecule has 0 amide bonds. The van der Waals surface area contributed by atoms with Crippen LogP contribution in [0.25, 0.3) is 0 Å². The van der Waals surface area contributed by atoms with Crippen molar-refractivity contribution in [3.8, 4) is 5.75 Å². The molecule has 1 atom stereocenters. The Hall–Kier alpha value is -2.05. The van der Waals surface area contributed by atoms with Crippen LogP contribution in [0.1, 0.15) is 43.7 Å². The highest BCUT2D eigenvalue weighted by atomic mass is 16.5. The molecular weight excluding hydrogens is 314 g/mol. The summed E-state index contributed by atoms with van der Waals surface area (Å²) in [5.41, 5.74) is 10.2. The molecule has 4 rings (SSSR count). The van der Waals surface area contributed by atoms with E-state index in [1.807, 2.05) is 19.9 Å². The number of hydrogen-bond acceptors (Lipinski definition) is 6. The summed E-state index contributed by atoms with van der Waals surface area (Å²) < 4.78 is 5.95. The first kappa shape index (κ1) is 16.4. The molecule has 0 spiro atoms. The van der Waals surface area contributed by atoms with Crippen molar-refractivity contribution in [2.45, 2.75) is 44.7 Å². The maximum Gasteiger partial charge on any atom is 0.202 e. The summed E-state index contributed by atoms with van der Waals surface area (Å²) in [5, 5.41) is 10.1. The molecule has 1 saturated heterocycles. The molecule has 25 heavy (non-hydrogen) atoms. The van der Waals surface area contributed by atoms with Crippen LogP contribution in [0.2, 0.25) is 0 Å². The zero-order valence-corrected chi connectivity index (χ0v) is 15.0. The first-order valence-corrected chi connectivity index (χ1v) is 9.13. The molecule has 0 bridgehead atoms. The third-order valence-corrected chi connectivity index (χ3v) is 5.04. The molecule has 0 aromatic heterocycles. The van der Waals surface area contributed by atoms with Gasteiger partial charge in [0.15, 0.2) is 0 Å². The lowest BCUT2D eigenvalue weighted by molar-refractivity contribution is 0.346. The average Bonchev–Trinajstić information content (AvgIpc) is 3.01. The molecule has 0 saturated carbocycles. The van der Waals surface area contributed by atoms with Crippen molar-refractivity contribution < 1.29 is 4.74 Å². The first-order chi connectivity index (χ1) is 12.0. The summed E-state index contributed by atoms with van der Waals surface area (Å²) >= 11 is 0. The smallest absolute Gasteiger partial charge is 0.202 e. The van der Waals surface area contributed by atoms with Crippen molar-refractivity contribution in [3.63, 3.8) is 0 Å². The van der Waals surface area contributed by atoms with Crippen LogP contribution in [0.5, 0.6) is 5.75 Å². The van der Waals surface area contributed by atoms with E-state index < -0.39 is 5.66 Å². The van der Waals surface area contributed by atoms with Crippen molar-refractivity contribution in [2.75, 3.05) is 25.0 Å². The van der Waals surface area contributed by atoms with Crippen molar-refractivity contribution >= 4 is 11.6 Å². The van der Waals surface area contributed by atoms with Crippen molar-refractivity contribution in [1.29, 1.82) is 0 Å². The topological polar surface area (TPSA) is 83.7 Å². The lowest BCUT2D eigenvalue weighted by Gasteiger charge is -2.29. The number of fused-ring (bicyclic) bond motifs is 1. The Morgan fingerprint density at radius 3 is 2.88 bits per heavy atom. The molecule has 1 unspecified atom stereocenters. The van der Waals surface area contributed by atoms with Gasteiger partial charge in [-0.1, -0.05) is 0 Å². The highest BCUT2D eigenvalue weighted by Crippen LogP contribution is 2.40. The lowest BCUT2D eigenvalue weighted by Crippen LogP contribution is -2.55. The monoisotopic (exact) mass is 341 g/mol. The molecule has 0 aliphatic carbocycles. The largest absolute Gasteiger partial charge is 0.493 e.